The molecule has 0 aliphatic rings. The highest BCUT2D eigenvalue weighted by molar-refractivity contribution is 5.50. The minimum atomic E-state index is -0.553. The highest BCUT2D eigenvalue weighted by Crippen LogP contribution is 2.08. The summed E-state index contributed by atoms with van der Waals surface area (Å²) in [4.78, 5) is 4.04. The number of nitrogens with zero attached hydrogens (tertiary/aromatic N) is 2. The highest BCUT2D eigenvalue weighted by atomic mass is 16.5. The molecule has 2 rings (SSSR count). The molecule has 23 heavy (non-hydrogen) atoms. The number of imidazole rings is 1. The van der Waals surface area contributed by atoms with Crippen LogP contribution in [-0.2, 0) is 11.3 Å². The zero-order chi connectivity index (χ0) is 16.3. The van der Waals surface area contributed by atoms with Crippen LogP contribution in [0.4, 0.5) is 0 Å². The minimum Gasteiger partial charge on any atom is -0.387 e. The lowest BCUT2D eigenvalue weighted by molar-refractivity contribution is 0.0581. The van der Waals surface area contributed by atoms with Gasteiger partial charge in [0.15, 0.2) is 0 Å². The van der Waals surface area contributed by atoms with Crippen molar-refractivity contribution in [2.75, 3.05) is 13.2 Å². The maximum atomic E-state index is 9.87. The third-order valence-corrected chi connectivity index (χ3v) is 3.60. The number of hydrogen-bond donors (Lipinski definition) is 1. The van der Waals surface area contributed by atoms with E-state index in [2.05, 4.69) is 36.2 Å². The minimum absolute atomic E-state index is 0.360. The molecule has 0 spiro atoms. The van der Waals surface area contributed by atoms with E-state index in [1.165, 1.54) is 18.4 Å². The Morgan fingerprint density at radius 3 is 2.78 bits per heavy atom. The number of aromatic nitrogens is 2. The standard InChI is InChI=1S/C19H26N2O2/c1-2-3-4-13-23-15-19(22)10-9-17-5-7-18(8-6-17)14-21-12-11-20-16-21/h5-12,16,19,22H,2-4,13-15H2,1H3. The Balaban J connectivity index is 1.73. The summed E-state index contributed by atoms with van der Waals surface area (Å²) in [7, 11) is 0. The van der Waals surface area contributed by atoms with E-state index in [0.29, 0.717) is 6.61 Å². The van der Waals surface area contributed by atoms with Crippen molar-refractivity contribution in [3.63, 3.8) is 0 Å². The van der Waals surface area contributed by atoms with Gasteiger partial charge in [0.2, 0.25) is 0 Å². The lowest BCUT2D eigenvalue weighted by atomic mass is 10.1. The van der Waals surface area contributed by atoms with Gasteiger partial charge in [-0.15, -0.1) is 0 Å². The monoisotopic (exact) mass is 314 g/mol. The Morgan fingerprint density at radius 1 is 1.26 bits per heavy atom. The van der Waals surface area contributed by atoms with E-state index in [-0.39, 0.29) is 0 Å². The number of ether oxygens (including phenoxy) is 1. The van der Waals surface area contributed by atoms with Gasteiger partial charge in [-0.1, -0.05) is 56.2 Å². The summed E-state index contributed by atoms with van der Waals surface area (Å²) in [6.45, 7) is 4.07. The van der Waals surface area contributed by atoms with Crippen molar-refractivity contribution in [2.45, 2.75) is 38.8 Å². The molecule has 0 amide bonds. The van der Waals surface area contributed by atoms with Crippen LogP contribution in [0.5, 0.6) is 0 Å². The van der Waals surface area contributed by atoms with Crippen LogP contribution in [0.1, 0.15) is 37.3 Å². The van der Waals surface area contributed by atoms with E-state index in [1.54, 1.807) is 12.3 Å². The summed E-state index contributed by atoms with van der Waals surface area (Å²) in [6.07, 6.45) is 12.1. The fraction of sp³-hybridized carbons (Fsp3) is 0.421. The molecule has 0 bridgehead atoms. The quantitative estimate of drug-likeness (QED) is 0.683. The van der Waals surface area contributed by atoms with Crippen molar-refractivity contribution in [3.8, 4) is 0 Å². The van der Waals surface area contributed by atoms with Gasteiger partial charge >= 0.3 is 0 Å². The highest BCUT2D eigenvalue weighted by Gasteiger charge is 1.99. The van der Waals surface area contributed by atoms with Crippen molar-refractivity contribution in [1.82, 2.24) is 9.55 Å². The third-order valence-electron chi connectivity index (χ3n) is 3.60. The smallest absolute Gasteiger partial charge is 0.0957 e. The van der Waals surface area contributed by atoms with E-state index >= 15 is 0 Å². The SMILES string of the molecule is CCCCCOCC(O)C=Cc1ccc(Cn2ccnc2)cc1. The van der Waals surface area contributed by atoms with Crippen LogP contribution in [-0.4, -0.2) is 34.0 Å². The average molecular weight is 314 g/mol. The molecular weight excluding hydrogens is 288 g/mol. The Kier molecular flexibility index (Phi) is 7.57. The molecule has 4 nitrogen and oxygen atoms in total. The van der Waals surface area contributed by atoms with E-state index in [0.717, 1.165) is 25.1 Å². The number of aliphatic hydroxyl groups is 1. The van der Waals surface area contributed by atoms with Crippen LogP contribution >= 0.6 is 0 Å². The fourth-order valence-corrected chi connectivity index (χ4v) is 2.26. The van der Waals surface area contributed by atoms with E-state index in [4.69, 9.17) is 4.74 Å². The van der Waals surface area contributed by atoms with E-state index in [9.17, 15) is 5.11 Å². The summed E-state index contributed by atoms with van der Waals surface area (Å²) in [6, 6.07) is 8.29. The number of aliphatic hydroxyl groups excluding tert-OH is 1. The average Bonchev–Trinajstić information content (AvgIpc) is 3.07. The number of hydrogen-bond acceptors (Lipinski definition) is 3. The Morgan fingerprint density at radius 2 is 2.09 bits per heavy atom. The first-order valence-corrected chi connectivity index (χ1v) is 8.26. The molecule has 124 valence electrons. The third kappa shape index (κ3) is 6.80. The summed E-state index contributed by atoms with van der Waals surface area (Å²) >= 11 is 0. The molecule has 1 atom stereocenters. The largest absolute Gasteiger partial charge is 0.387 e. The maximum absolute atomic E-state index is 9.87. The van der Waals surface area contributed by atoms with Crippen molar-refractivity contribution in [1.29, 1.82) is 0 Å². The van der Waals surface area contributed by atoms with Gasteiger partial charge in [0.1, 0.15) is 0 Å². The van der Waals surface area contributed by atoms with Crippen LogP contribution < -0.4 is 0 Å². The van der Waals surface area contributed by atoms with Crippen molar-refractivity contribution < 1.29 is 9.84 Å². The second kappa shape index (κ2) is 9.98. The van der Waals surface area contributed by atoms with Crippen LogP contribution in [0, 0.1) is 0 Å². The lowest BCUT2D eigenvalue weighted by Crippen LogP contribution is -2.12. The molecule has 1 aromatic carbocycles. The molecule has 0 aliphatic heterocycles. The molecule has 1 unspecified atom stereocenters. The molecule has 1 heterocycles. The number of rotatable bonds is 10. The summed E-state index contributed by atoms with van der Waals surface area (Å²) in [5.74, 6) is 0. The van der Waals surface area contributed by atoms with Gasteiger partial charge in [0.05, 0.1) is 19.0 Å². The number of benzene rings is 1. The summed E-state index contributed by atoms with van der Waals surface area (Å²) in [5, 5.41) is 9.87. The van der Waals surface area contributed by atoms with Gasteiger partial charge in [0, 0.05) is 25.5 Å². The van der Waals surface area contributed by atoms with Crippen molar-refractivity contribution in [2.24, 2.45) is 0 Å². The van der Waals surface area contributed by atoms with Crippen LogP contribution in [0.3, 0.4) is 0 Å². The van der Waals surface area contributed by atoms with Crippen molar-refractivity contribution >= 4 is 6.08 Å². The molecule has 1 aromatic heterocycles. The van der Waals surface area contributed by atoms with Gasteiger partial charge < -0.3 is 14.4 Å². The fourth-order valence-electron chi connectivity index (χ4n) is 2.26. The predicted octanol–water partition coefficient (Wildman–Crippen LogP) is 3.51. The van der Waals surface area contributed by atoms with Crippen LogP contribution in [0.2, 0.25) is 0 Å². The van der Waals surface area contributed by atoms with E-state index < -0.39 is 6.10 Å². The Hall–Kier alpha value is -1.91. The lowest BCUT2D eigenvalue weighted by Gasteiger charge is -2.07. The molecule has 0 saturated carbocycles. The van der Waals surface area contributed by atoms with Gasteiger partial charge in [0.25, 0.3) is 0 Å². The maximum Gasteiger partial charge on any atom is 0.0957 e. The van der Waals surface area contributed by atoms with Crippen LogP contribution in [0.15, 0.2) is 49.1 Å². The zero-order valence-electron chi connectivity index (χ0n) is 13.8. The van der Waals surface area contributed by atoms with Gasteiger partial charge in [-0.2, -0.15) is 0 Å². The topological polar surface area (TPSA) is 47.3 Å². The molecule has 4 heteroatoms. The second-order valence-electron chi connectivity index (χ2n) is 5.69. The van der Waals surface area contributed by atoms with Crippen LogP contribution in [0.25, 0.3) is 6.08 Å². The molecule has 0 saturated heterocycles. The first-order valence-electron chi connectivity index (χ1n) is 8.26. The zero-order valence-corrected chi connectivity index (χ0v) is 13.8. The summed E-state index contributed by atoms with van der Waals surface area (Å²) < 4.78 is 7.49. The van der Waals surface area contributed by atoms with Gasteiger partial charge in [-0.3, -0.25) is 0 Å². The number of unbranched alkanes of at least 4 members (excludes halogenated alkanes) is 2. The summed E-state index contributed by atoms with van der Waals surface area (Å²) in [5.41, 5.74) is 2.30. The van der Waals surface area contributed by atoms with Gasteiger partial charge in [-0.25, -0.2) is 4.98 Å². The molecule has 0 fully saturated rings. The first kappa shape index (κ1) is 17.4. The van der Waals surface area contributed by atoms with E-state index in [1.807, 2.05) is 23.2 Å². The normalized spacial score (nSPS) is 12.8. The Labute approximate surface area is 138 Å². The molecule has 0 radical (unpaired) electrons. The second-order valence-corrected chi connectivity index (χ2v) is 5.69. The first-order chi connectivity index (χ1) is 11.3. The van der Waals surface area contributed by atoms with Crippen molar-refractivity contribution in [3.05, 3.63) is 60.2 Å². The van der Waals surface area contributed by atoms with Gasteiger partial charge in [-0.05, 0) is 17.5 Å². The Bertz CT molecular complexity index is 562. The molecular formula is C19H26N2O2. The molecule has 2 aromatic rings. The predicted molar refractivity (Wildman–Crippen MR) is 93.2 cm³/mol. The molecule has 1 N–H and O–H groups in total. The molecule has 0 aliphatic carbocycles.